The summed E-state index contributed by atoms with van der Waals surface area (Å²) in [5, 5.41) is 0.150. The molecule has 2 aromatic rings. The van der Waals surface area contributed by atoms with Crippen molar-refractivity contribution < 1.29 is 9.18 Å². The van der Waals surface area contributed by atoms with Gasteiger partial charge in [-0.3, -0.25) is 9.78 Å². The van der Waals surface area contributed by atoms with Gasteiger partial charge in [0.25, 0.3) is 5.91 Å². The van der Waals surface area contributed by atoms with Crippen molar-refractivity contribution in [2.45, 2.75) is 18.9 Å². The van der Waals surface area contributed by atoms with Crippen molar-refractivity contribution in [3.63, 3.8) is 0 Å². The highest BCUT2D eigenvalue weighted by atomic mass is 35.5. The molecular weight excluding hydrogens is 291 g/mol. The van der Waals surface area contributed by atoms with Crippen LogP contribution in [0.3, 0.4) is 0 Å². The van der Waals surface area contributed by atoms with Crippen LogP contribution in [0.25, 0.3) is 0 Å². The summed E-state index contributed by atoms with van der Waals surface area (Å²) in [6.45, 7) is 0.600. The normalized spacial score (nSPS) is 18.0. The molecule has 1 aliphatic heterocycles. The first-order valence-electron chi connectivity index (χ1n) is 6.83. The number of rotatable bonds is 2. The van der Waals surface area contributed by atoms with Crippen molar-refractivity contribution in [3.05, 3.63) is 64.7 Å². The molecule has 1 saturated heterocycles. The van der Waals surface area contributed by atoms with Gasteiger partial charge in [-0.2, -0.15) is 0 Å². The largest absolute Gasteiger partial charge is 0.331 e. The fourth-order valence-electron chi connectivity index (χ4n) is 2.78. The van der Waals surface area contributed by atoms with E-state index < -0.39 is 5.82 Å². The number of halogens is 2. The standard InChI is InChI=1S/C16H14ClFN2O/c17-12-5-1-6-13(18)15(12)16(21)20-9-3-7-14(20)11-4-2-8-19-10-11/h1-2,4-6,8,10,14H,3,7,9H2. The number of aromatic nitrogens is 1. The van der Waals surface area contributed by atoms with Gasteiger partial charge in [0.05, 0.1) is 16.6 Å². The fraction of sp³-hybridized carbons (Fsp3) is 0.250. The minimum atomic E-state index is -0.579. The number of amides is 1. The quantitative estimate of drug-likeness (QED) is 0.844. The zero-order valence-corrected chi connectivity index (χ0v) is 12.1. The zero-order chi connectivity index (χ0) is 14.8. The van der Waals surface area contributed by atoms with Gasteiger partial charge < -0.3 is 4.90 Å². The molecule has 21 heavy (non-hydrogen) atoms. The number of nitrogens with zero attached hydrogens (tertiary/aromatic N) is 2. The van der Waals surface area contributed by atoms with Gasteiger partial charge in [0.1, 0.15) is 5.82 Å². The zero-order valence-electron chi connectivity index (χ0n) is 11.3. The maximum absolute atomic E-state index is 13.9. The van der Waals surface area contributed by atoms with Gasteiger partial charge in [-0.1, -0.05) is 23.7 Å². The van der Waals surface area contributed by atoms with Crippen molar-refractivity contribution in [3.8, 4) is 0 Å². The first-order chi connectivity index (χ1) is 10.2. The van der Waals surface area contributed by atoms with E-state index in [9.17, 15) is 9.18 Å². The van der Waals surface area contributed by atoms with Crippen LogP contribution in [-0.2, 0) is 0 Å². The van der Waals surface area contributed by atoms with Crippen LogP contribution in [-0.4, -0.2) is 22.3 Å². The highest BCUT2D eigenvalue weighted by Crippen LogP contribution is 2.34. The third-order valence-electron chi connectivity index (χ3n) is 3.76. The van der Waals surface area contributed by atoms with Crippen molar-refractivity contribution in [1.29, 1.82) is 0 Å². The van der Waals surface area contributed by atoms with E-state index in [-0.39, 0.29) is 22.5 Å². The SMILES string of the molecule is O=C(c1c(F)cccc1Cl)N1CCCC1c1cccnc1. The van der Waals surface area contributed by atoms with Gasteiger partial charge in [0, 0.05) is 18.9 Å². The van der Waals surface area contributed by atoms with Gasteiger partial charge >= 0.3 is 0 Å². The highest BCUT2D eigenvalue weighted by molar-refractivity contribution is 6.33. The van der Waals surface area contributed by atoms with Crippen LogP contribution in [0.5, 0.6) is 0 Å². The predicted octanol–water partition coefficient (Wildman–Crippen LogP) is 3.85. The summed E-state index contributed by atoms with van der Waals surface area (Å²) in [6, 6.07) is 8.00. The number of carbonyl (C=O) groups is 1. The average molecular weight is 305 g/mol. The molecule has 1 unspecified atom stereocenters. The summed E-state index contributed by atoms with van der Waals surface area (Å²) in [7, 11) is 0. The van der Waals surface area contributed by atoms with E-state index in [4.69, 9.17) is 11.6 Å². The monoisotopic (exact) mass is 304 g/mol. The molecule has 5 heteroatoms. The summed E-state index contributed by atoms with van der Waals surface area (Å²) >= 11 is 6.00. The molecule has 0 radical (unpaired) electrons. The topological polar surface area (TPSA) is 33.2 Å². The van der Waals surface area contributed by atoms with Crippen molar-refractivity contribution in [1.82, 2.24) is 9.88 Å². The molecule has 2 heterocycles. The Morgan fingerprint density at radius 3 is 2.90 bits per heavy atom. The number of hydrogen-bond donors (Lipinski definition) is 0. The van der Waals surface area contributed by atoms with E-state index in [0.717, 1.165) is 18.4 Å². The molecular formula is C16H14ClFN2O. The molecule has 0 saturated carbocycles. The lowest BCUT2D eigenvalue weighted by Gasteiger charge is -2.25. The Hall–Kier alpha value is -1.94. The molecule has 1 aromatic carbocycles. The lowest BCUT2D eigenvalue weighted by atomic mass is 10.1. The molecule has 1 aliphatic rings. The average Bonchev–Trinajstić information content (AvgIpc) is 2.97. The van der Waals surface area contributed by atoms with Crippen LogP contribution in [0, 0.1) is 5.82 Å². The molecule has 3 rings (SSSR count). The highest BCUT2D eigenvalue weighted by Gasteiger charge is 2.32. The minimum Gasteiger partial charge on any atom is -0.331 e. The molecule has 1 aromatic heterocycles. The number of pyridine rings is 1. The molecule has 0 spiro atoms. The third kappa shape index (κ3) is 2.63. The van der Waals surface area contributed by atoms with Crippen LogP contribution in [0.15, 0.2) is 42.7 Å². The lowest BCUT2D eigenvalue weighted by Crippen LogP contribution is -2.31. The maximum atomic E-state index is 13.9. The van der Waals surface area contributed by atoms with E-state index in [1.54, 1.807) is 17.3 Å². The molecule has 3 nitrogen and oxygen atoms in total. The van der Waals surface area contributed by atoms with Crippen LogP contribution in [0.1, 0.15) is 34.8 Å². The smallest absolute Gasteiger partial charge is 0.258 e. The Kier molecular flexibility index (Phi) is 3.88. The maximum Gasteiger partial charge on any atom is 0.258 e. The first kappa shape index (κ1) is 14.0. The van der Waals surface area contributed by atoms with Crippen molar-refractivity contribution in [2.24, 2.45) is 0 Å². The molecule has 108 valence electrons. The second-order valence-corrected chi connectivity index (χ2v) is 5.45. The third-order valence-corrected chi connectivity index (χ3v) is 4.07. The summed E-state index contributed by atoms with van der Waals surface area (Å²) in [6.07, 6.45) is 5.18. The van der Waals surface area contributed by atoms with Crippen LogP contribution >= 0.6 is 11.6 Å². The van der Waals surface area contributed by atoms with E-state index >= 15 is 0 Å². The molecule has 1 atom stereocenters. The number of hydrogen-bond acceptors (Lipinski definition) is 2. The summed E-state index contributed by atoms with van der Waals surface area (Å²) in [4.78, 5) is 18.4. The molecule has 1 amide bonds. The molecule has 0 bridgehead atoms. The Morgan fingerprint density at radius 1 is 1.33 bits per heavy atom. The van der Waals surface area contributed by atoms with E-state index in [2.05, 4.69) is 4.98 Å². The number of benzene rings is 1. The molecule has 0 N–H and O–H groups in total. The van der Waals surface area contributed by atoms with Gasteiger partial charge in [-0.25, -0.2) is 4.39 Å². The van der Waals surface area contributed by atoms with Crippen molar-refractivity contribution in [2.75, 3.05) is 6.54 Å². The van der Waals surface area contributed by atoms with E-state index in [0.29, 0.717) is 6.54 Å². The van der Waals surface area contributed by atoms with Gasteiger partial charge in [0.2, 0.25) is 0 Å². The van der Waals surface area contributed by atoms with E-state index in [1.807, 2.05) is 12.1 Å². The summed E-state index contributed by atoms with van der Waals surface area (Å²) in [5.41, 5.74) is 0.922. The Bertz CT molecular complexity index is 642. The van der Waals surface area contributed by atoms with Gasteiger partial charge in [0.15, 0.2) is 0 Å². The Labute approximate surface area is 127 Å². The lowest BCUT2D eigenvalue weighted by molar-refractivity contribution is 0.0731. The molecule has 1 fully saturated rings. The van der Waals surface area contributed by atoms with Crippen LogP contribution in [0.2, 0.25) is 5.02 Å². The second kappa shape index (κ2) is 5.82. The number of likely N-dealkylation sites (tertiary alicyclic amines) is 1. The van der Waals surface area contributed by atoms with Crippen molar-refractivity contribution >= 4 is 17.5 Å². The minimum absolute atomic E-state index is 0.0463. The first-order valence-corrected chi connectivity index (χ1v) is 7.21. The predicted molar refractivity (Wildman–Crippen MR) is 78.7 cm³/mol. The summed E-state index contributed by atoms with van der Waals surface area (Å²) < 4.78 is 13.9. The number of carbonyl (C=O) groups excluding carboxylic acids is 1. The van der Waals surface area contributed by atoms with E-state index in [1.165, 1.54) is 18.2 Å². The molecule has 0 aliphatic carbocycles. The van der Waals surface area contributed by atoms with Gasteiger partial charge in [-0.15, -0.1) is 0 Å². The summed E-state index contributed by atoms with van der Waals surface area (Å²) in [5.74, 6) is -0.936. The second-order valence-electron chi connectivity index (χ2n) is 5.04. The van der Waals surface area contributed by atoms with Crippen LogP contribution < -0.4 is 0 Å². The van der Waals surface area contributed by atoms with Crippen LogP contribution in [0.4, 0.5) is 4.39 Å². The van der Waals surface area contributed by atoms with Gasteiger partial charge in [-0.05, 0) is 36.6 Å². The Morgan fingerprint density at radius 2 is 2.19 bits per heavy atom. The fourth-order valence-corrected chi connectivity index (χ4v) is 3.02. The Balaban J connectivity index is 1.94.